The third-order valence-corrected chi connectivity index (χ3v) is 6.91. The maximum Gasteiger partial charge on any atom is 0.254 e. The van der Waals surface area contributed by atoms with Gasteiger partial charge < -0.3 is 10.3 Å². The van der Waals surface area contributed by atoms with E-state index in [1.165, 1.54) is 10.4 Å². The molecule has 0 spiro atoms. The minimum absolute atomic E-state index is 0.0950. The molecule has 29 heavy (non-hydrogen) atoms. The lowest BCUT2D eigenvalue weighted by Gasteiger charge is -2.26. The van der Waals surface area contributed by atoms with Gasteiger partial charge in [0.15, 0.2) is 0 Å². The number of sulfonamides is 1. The second-order valence-corrected chi connectivity index (χ2v) is 9.19. The standard InChI is InChI=1S/C20H26N4O4S/c1-14-18(20(26)22-15(2)21-14)9-10-19(25)23-16-7-6-8-17(13-16)29(27,28)24-11-4-3-5-12-24/h6-8,13H,3-5,9-12H2,1-2H3,(H,23,25)(H,21,22,26). The first-order chi connectivity index (χ1) is 13.8. The van der Waals surface area contributed by atoms with Crippen LogP contribution in [0.3, 0.4) is 0 Å². The molecule has 1 saturated heterocycles. The van der Waals surface area contributed by atoms with Crippen molar-refractivity contribution in [1.82, 2.24) is 14.3 Å². The van der Waals surface area contributed by atoms with Gasteiger partial charge in [0.1, 0.15) is 5.82 Å². The number of aromatic nitrogens is 2. The predicted octanol–water partition coefficient (Wildman–Crippen LogP) is 2.13. The maximum atomic E-state index is 12.8. The van der Waals surface area contributed by atoms with E-state index in [1.54, 1.807) is 32.0 Å². The number of aryl methyl sites for hydroxylation is 2. The van der Waals surface area contributed by atoms with Gasteiger partial charge in [-0.3, -0.25) is 9.59 Å². The van der Waals surface area contributed by atoms with E-state index in [2.05, 4.69) is 15.3 Å². The van der Waals surface area contributed by atoms with E-state index in [4.69, 9.17) is 0 Å². The molecule has 2 aromatic rings. The number of nitrogens with zero attached hydrogens (tertiary/aromatic N) is 2. The zero-order chi connectivity index (χ0) is 21.0. The van der Waals surface area contributed by atoms with Gasteiger partial charge in [0.2, 0.25) is 15.9 Å². The Kier molecular flexibility index (Phi) is 6.49. The van der Waals surface area contributed by atoms with Gasteiger partial charge in [0.05, 0.1) is 4.90 Å². The van der Waals surface area contributed by atoms with Gasteiger partial charge in [0.25, 0.3) is 5.56 Å². The molecule has 1 aromatic heterocycles. The molecular formula is C20H26N4O4S. The maximum absolute atomic E-state index is 12.8. The smallest absolute Gasteiger partial charge is 0.254 e. The SMILES string of the molecule is Cc1nc(C)c(CCC(=O)Nc2cccc(S(=O)(=O)N3CCCCC3)c2)c(=O)[nH]1. The largest absolute Gasteiger partial charge is 0.326 e. The monoisotopic (exact) mass is 418 g/mol. The van der Waals surface area contributed by atoms with Crippen LogP contribution in [0.4, 0.5) is 5.69 Å². The lowest BCUT2D eigenvalue weighted by atomic mass is 10.1. The Labute approximate surface area is 170 Å². The normalized spacial score (nSPS) is 15.2. The predicted molar refractivity (Wildman–Crippen MR) is 110 cm³/mol. The molecule has 8 nitrogen and oxygen atoms in total. The molecule has 156 valence electrons. The zero-order valence-corrected chi connectivity index (χ0v) is 17.5. The first-order valence-electron chi connectivity index (χ1n) is 9.74. The van der Waals surface area contributed by atoms with Crippen LogP contribution in [0.5, 0.6) is 0 Å². The Balaban J connectivity index is 1.67. The molecule has 0 saturated carbocycles. The minimum Gasteiger partial charge on any atom is -0.326 e. The van der Waals surface area contributed by atoms with Crippen LogP contribution >= 0.6 is 0 Å². The summed E-state index contributed by atoms with van der Waals surface area (Å²) >= 11 is 0. The molecule has 0 bridgehead atoms. The first kappa shape index (κ1) is 21.2. The van der Waals surface area contributed by atoms with Crippen LogP contribution in [-0.2, 0) is 21.2 Å². The number of anilines is 1. The highest BCUT2D eigenvalue weighted by molar-refractivity contribution is 7.89. The van der Waals surface area contributed by atoms with E-state index < -0.39 is 10.0 Å². The fourth-order valence-corrected chi connectivity index (χ4v) is 5.06. The number of piperidine rings is 1. The van der Waals surface area contributed by atoms with E-state index >= 15 is 0 Å². The van der Waals surface area contributed by atoms with Crippen LogP contribution in [0.1, 0.15) is 42.8 Å². The van der Waals surface area contributed by atoms with Crippen molar-refractivity contribution in [1.29, 1.82) is 0 Å². The quantitative estimate of drug-likeness (QED) is 0.746. The highest BCUT2D eigenvalue weighted by Crippen LogP contribution is 2.23. The Hall–Kier alpha value is -2.52. The number of H-pyrrole nitrogens is 1. The summed E-state index contributed by atoms with van der Waals surface area (Å²) in [6.45, 7) is 4.50. The number of benzene rings is 1. The Bertz CT molecular complexity index is 1060. The molecule has 0 atom stereocenters. The molecule has 0 unspecified atom stereocenters. The highest BCUT2D eigenvalue weighted by Gasteiger charge is 2.26. The molecule has 1 aliphatic heterocycles. The number of hydrogen-bond donors (Lipinski definition) is 2. The molecule has 0 radical (unpaired) electrons. The molecule has 2 N–H and O–H groups in total. The minimum atomic E-state index is -3.56. The van der Waals surface area contributed by atoms with Gasteiger partial charge >= 0.3 is 0 Å². The van der Waals surface area contributed by atoms with Gasteiger partial charge in [-0.25, -0.2) is 13.4 Å². The summed E-state index contributed by atoms with van der Waals surface area (Å²) in [5, 5.41) is 2.72. The number of rotatable bonds is 6. The third-order valence-electron chi connectivity index (χ3n) is 5.01. The van der Waals surface area contributed by atoms with Crippen molar-refractivity contribution in [3.05, 3.63) is 51.7 Å². The van der Waals surface area contributed by atoms with Crippen molar-refractivity contribution in [2.45, 2.75) is 50.8 Å². The molecule has 1 fully saturated rings. The lowest BCUT2D eigenvalue weighted by molar-refractivity contribution is -0.116. The van der Waals surface area contributed by atoms with Gasteiger partial charge in [-0.2, -0.15) is 4.31 Å². The Morgan fingerprint density at radius 2 is 1.93 bits per heavy atom. The van der Waals surface area contributed by atoms with Crippen molar-refractivity contribution in [2.75, 3.05) is 18.4 Å². The van der Waals surface area contributed by atoms with Gasteiger partial charge in [-0.05, 0) is 51.3 Å². The molecule has 0 aliphatic carbocycles. The summed E-state index contributed by atoms with van der Waals surface area (Å²) in [6, 6.07) is 6.29. The zero-order valence-electron chi connectivity index (χ0n) is 16.7. The molecule has 1 aromatic carbocycles. The number of carbonyl (C=O) groups excluding carboxylic acids is 1. The summed E-state index contributed by atoms with van der Waals surface area (Å²) in [5.41, 5.74) is 1.26. The molecular weight excluding hydrogens is 392 g/mol. The lowest BCUT2D eigenvalue weighted by Crippen LogP contribution is -2.35. The number of carbonyl (C=O) groups is 1. The van der Waals surface area contributed by atoms with E-state index in [9.17, 15) is 18.0 Å². The second-order valence-electron chi connectivity index (χ2n) is 7.26. The van der Waals surface area contributed by atoms with Crippen LogP contribution in [0.15, 0.2) is 34.0 Å². The van der Waals surface area contributed by atoms with Crippen LogP contribution < -0.4 is 10.9 Å². The third kappa shape index (κ3) is 5.10. The Morgan fingerprint density at radius 1 is 1.21 bits per heavy atom. The Morgan fingerprint density at radius 3 is 2.62 bits per heavy atom. The second kappa shape index (κ2) is 8.87. The van der Waals surface area contributed by atoms with E-state index in [-0.39, 0.29) is 29.2 Å². The van der Waals surface area contributed by atoms with Crippen molar-refractivity contribution >= 4 is 21.6 Å². The van der Waals surface area contributed by atoms with Crippen LogP contribution in [0, 0.1) is 13.8 Å². The summed E-state index contributed by atoms with van der Waals surface area (Å²) in [7, 11) is -3.56. The molecule has 9 heteroatoms. The van der Waals surface area contributed by atoms with Crippen molar-refractivity contribution < 1.29 is 13.2 Å². The fraction of sp³-hybridized carbons (Fsp3) is 0.450. The average Bonchev–Trinajstić information content (AvgIpc) is 2.68. The number of hydrogen-bond acceptors (Lipinski definition) is 5. The summed E-state index contributed by atoms with van der Waals surface area (Å²) in [5.74, 6) is 0.240. The highest BCUT2D eigenvalue weighted by atomic mass is 32.2. The van der Waals surface area contributed by atoms with Crippen LogP contribution in [0.2, 0.25) is 0 Å². The van der Waals surface area contributed by atoms with Crippen molar-refractivity contribution in [2.24, 2.45) is 0 Å². The van der Waals surface area contributed by atoms with Crippen molar-refractivity contribution in [3.8, 4) is 0 Å². The molecule has 1 aliphatic rings. The van der Waals surface area contributed by atoms with Crippen LogP contribution in [0.25, 0.3) is 0 Å². The first-order valence-corrected chi connectivity index (χ1v) is 11.2. The topological polar surface area (TPSA) is 112 Å². The molecule has 3 rings (SSSR count). The van der Waals surface area contributed by atoms with Crippen molar-refractivity contribution in [3.63, 3.8) is 0 Å². The summed E-state index contributed by atoms with van der Waals surface area (Å²) in [6.07, 6.45) is 3.12. The number of aromatic amines is 1. The molecule has 1 amide bonds. The van der Waals surface area contributed by atoms with Gasteiger partial charge in [-0.15, -0.1) is 0 Å². The van der Waals surface area contributed by atoms with Gasteiger partial charge in [-0.1, -0.05) is 12.5 Å². The van der Waals surface area contributed by atoms with E-state index in [0.717, 1.165) is 19.3 Å². The van der Waals surface area contributed by atoms with E-state index in [0.29, 0.717) is 35.9 Å². The fourth-order valence-electron chi connectivity index (χ4n) is 3.50. The van der Waals surface area contributed by atoms with Gasteiger partial charge in [0, 0.05) is 36.5 Å². The number of amides is 1. The van der Waals surface area contributed by atoms with Crippen LogP contribution in [-0.4, -0.2) is 41.7 Å². The molecule has 2 heterocycles. The summed E-state index contributed by atoms with van der Waals surface area (Å²) in [4.78, 5) is 31.4. The van der Waals surface area contributed by atoms with E-state index in [1.807, 2.05) is 0 Å². The summed E-state index contributed by atoms with van der Waals surface area (Å²) < 4.78 is 27.1. The average molecular weight is 419 g/mol. The number of nitrogens with one attached hydrogen (secondary N) is 2.